The molecule has 2 heterocycles. The van der Waals surface area contributed by atoms with Crippen molar-refractivity contribution >= 4 is 17.7 Å². The maximum absolute atomic E-state index is 13.9. The maximum atomic E-state index is 13.9. The summed E-state index contributed by atoms with van der Waals surface area (Å²) in [5.74, 6) is -0.0964. The number of esters is 1. The topological polar surface area (TPSA) is 90.4 Å². The molecule has 1 N–H and O–H groups in total. The number of H-pyrrole nitrogens is 1. The summed E-state index contributed by atoms with van der Waals surface area (Å²) in [6, 6.07) is 0. The predicted octanol–water partition coefficient (Wildman–Crippen LogP) is 0.588. The number of hydrogen-bond acceptors (Lipinski definition) is 6. The molecule has 1 aliphatic rings. The number of carbonyl (C=O) groups excluding carboxylic acids is 1. The van der Waals surface area contributed by atoms with Crippen molar-refractivity contribution in [3.05, 3.63) is 32.6 Å². The summed E-state index contributed by atoms with van der Waals surface area (Å²) in [7, 11) is 0. The van der Waals surface area contributed by atoms with Gasteiger partial charge in [0.1, 0.15) is 25.1 Å². The van der Waals surface area contributed by atoms with Crippen molar-refractivity contribution < 1.29 is 18.7 Å². The molecule has 0 aromatic carbocycles. The Bertz CT molecular complexity index is 659. The highest BCUT2D eigenvalue weighted by Gasteiger charge is 2.37. The Morgan fingerprint density at radius 1 is 1.59 bits per heavy atom. The van der Waals surface area contributed by atoms with Gasteiger partial charge in [0, 0.05) is 30.9 Å². The first kappa shape index (κ1) is 16.8. The number of hydrogen-bond donors (Lipinski definition) is 1. The minimum Gasteiger partial charge on any atom is -0.463 e. The molecule has 0 saturated carbocycles. The molecule has 122 valence electrons. The lowest BCUT2D eigenvalue weighted by atomic mass is 10.2. The predicted molar refractivity (Wildman–Crippen MR) is 78.6 cm³/mol. The van der Waals surface area contributed by atoms with Crippen LogP contribution in [0.3, 0.4) is 0 Å². The van der Waals surface area contributed by atoms with E-state index in [0.717, 1.165) is 0 Å². The van der Waals surface area contributed by atoms with Gasteiger partial charge in [0.15, 0.2) is 0 Å². The van der Waals surface area contributed by atoms with Crippen molar-refractivity contribution in [3.63, 3.8) is 0 Å². The van der Waals surface area contributed by atoms with E-state index in [9.17, 15) is 18.8 Å². The molecule has 1 fully saturated rings. The Morgan fingerprint density at radius 2 is 2.32 bits per heavy atom. The molecule has 2 rings (SSSR count). The van der Waals surface area contributed by atoms with Crippen LogP contribution >= 0.6 is 11.8 Å². The number of ether oxygens (including phenoxy) is 2. The van der Waals surface area contributed by atoms with Crippen LogP contribution in [0.1, 0.15) is 25.1 Å². The molecule has 22 heavy (non-hydrogen) atoms. The number of rotatable bonds is 5. The fraction of sp³-hybridized carbons (Fsp3) is 0.615. The highest BCUT2D eigenvalue weighted by molar-refractivity contribution is 7.97. The highest BCUT2D eigenvalue weighted by atomic mass is 32.2. The molecule has 0 bridgehead atoms. The average molecular weight is 332 g/mol. The molecule has 0 spiro atoms. The zero-order valence-electron chi connectivity index (χ0n) is 12.2. The van der Waals surface area contributed by atoms with Crippen LogP contribution in [0, 0.1) is 0 Å². The fourth-order valence-corrected chi connectivity index (χ4v) is 2.73. The molecular weight excluding hydrogens is 315 g/mol. The lowest BCUT2D eigenvalue weighted by molar-refractivity contribution is -0.146. The van der Waals surface area contributed by atoms with Gasteiger partial charge in [-0.2, -0.15) is 11.8 Å². The normalized spacial score (nSPS) is 24.4. The van der Waals surface area contributed by atoms with E-state index in [1.54, 1.807) is 0 Å². The summed E-state index contributed by atoms with van der Waals surface area (Å²) < 4.78 is 25.3. The Kier molecular flexibility index (Phi) is 5.41. The quantitative estimate of drug-likeness (QED) is 0.794. The van der Waals surface area contributed by atoms with Crippen LogP contribution < -0.4 is 11.2 Å². The van der Waals surface area contributed by atoms with E-state index in [1.807, 2.05) is 6.26 Å². The molecule has 1 aromatic heterocycles. The minimum atomic E-state index is -1.35. The summed E-state index contributed by atoms with van der Waals surface area (Å²) in [5.41, 5.74) is -0.698. The van der Waals surface area contributed by atoms with Gasteiger partial charge in [0.05, 0.1) is 0 Å². The molecular formula is C13H17FN2O5S. The lowest BCUT2D eigenvalue weighted by Crippen LogP contribution is -2.34. The van der Waals surface area contributed by atoms with Crippen LogP contribution in [0.5, 0.6) is 0 Å². The first-order valence-electron chi connectivity index (χ1n) is 6.68. The second-order valence-corrected chi connectivity index (χ2v) is 5.80. The van der Waals surface area contributed by atoms with Crippen LogP contribution in [0.15, 0.2) is 15.8 Å². The molecule has 3 atom stereocenters. The second-order valence-electron chi connectivity index (χ2n) is 4.94. The van der Waals surface area contributed by atoms with E-state index in [4.69, 9.17) is 9.47 Å². The van der Waals surface area contributed by atoms with Crippen molar-refractivity contribution in [2.45, 2.75) is 37.6 Å². The Hall–Kier alpha value is -1.61. The third-order valence-corrected chi connectivity index (χ3v) is 3.86. The molecule has 0 radical (unpaired) electrons. The first-order valence-corrected chi connectivity index (χ1v) is 8.08. The third kappa shape index (κ3) is 3.77. The maximum Gasteiger partial charge on any atom is 0.330 e. The molecule has 1 saturated heterocycles. The summed E-state index contributed by atoms with van der Waals surface area (Å²) in [6.45, 7) is 1.02. The second kappa shape index (κ2) is 7.10. The van der Waals surface area contributed by atoms with Gasteiger partial charge in [-0.15, -0.1) is 0 Å². The van der Waals surface area contributed by atoms with Crippen LogP contribution in [-0.2, 0) is 20.0 Å². The van der Waals surface area contributed by atoms with Crippen molar-refractivity contribution in [1.29, 1.82) is 0 Å². The minimum absolute atomic E-state index is 0.0450. The van der Waals surface area contributed by atoms with Gasteiger partial charge in [-0.25, -0.2) is 9.18 Å². The SMILES string of the molecule is CSCc1cn([C@H]2C[C@H](F)[C@@H](COC(C)=O)O2)c(=O)[nH]c1=O. The number of thioether (sulfide) groups is 1. The number of aromatic amines is 1. The summed E-state index contributed by atoms with van der Waals surface area (Å²) in [4.78, 5) is 36.5. The van der Waals surface area contributed by atoms with Gasteiger partial charge < -0.3 is 9.47 Å². The Labute approximate surface area is 129 Å². The van der Waals surface area contributed by atoms with Gasteiger partial charge in [-0.3, -0.25) is 19.1 Å². The van der Waals surface area contributed by atoms with E-state index in [2.05, 4.69) is 4.98 Å². The van der Waals surface area contributed by atoms with Gasteiger partial charge >= 0.3 is 11.7 Å². The van der Waals surface area contributed by atoms with Crippen LogP contribution in [-0.4, -0.2) is 40.7 Å². The molecule has 0 amide bonds. The van der Waals surface area contributed by atoms with Crippen molar-refractivity contribution in [3.8, 4) is 0 Å². The summed E-state index contributed by atoms with van der Waals surface area (Å²) >= 11 is 1.43. The van der Waals surface area contributed by atoms with Crippen molar-refractivity contribution in [1.82, 2.24) is 9.55 Å². The van der Waals surface area contributed by atoms with Crippen molar-refractivity contribution in [2.24, 2.45) is 0 Å². The zero-order valence-corrected chi connectivity index (χ0v) is 13.0. The van der Waals surface area contributed by atoms with E-state index < -0.39 is 35.7 Å². The number of alkyl halides is 1. The average Bonchev–Trinajstić information content (AvgIpc) is 2.80. The molecule has 7 nitrogen and oxygen atoms in total. The van der Waals surface area contributed by atoms with E-state index in [-0.39, 0.29) is 13.0 Å². The van der Waals surface area contributed by atoms with Crippen LogP contribution in [0.4, 0.5) is 4.39 Å². The number of carbonyl (C=O) groups is 1. The highest BCUT2D eigenvalue weighted by Crippen LogP contribution is 2.30. The smallest absolute Gasteiger partial charge is 0.330 e. The van der Waals surface area contributed by atoms with E-state index >= 15 is 0 Å². The van der Waals surface area contributed by atoms with Crippen molar-refractivity contribution in [2.75, 3.05) is 12.9 Å². The standard InChI is InChI=1S/C13H17FN2O5S/c1-7(17)20-5-10-9(14)3-11(21-10)16-4-8(6-22-2)12(18)15-13(16)19/h4,9-11H,3,5-6H2,1-2H3,(H,15,18,19)/t9-,10+,11+/m0/s1. The molecule has 0 unspecified atom stereocenters. The van der Waals surface area contributed by atoms with Gasteiger partial charge in [-0.1, -0.05) is 0 Å². The van der Waals surface area contributed by atoms with E-state index in [1.165, 1.54) is 29.4 Å². The van der Waals surface area contributed by atoms with Gasteiger partial charge in [-0.05, 0) is 6.26 Å². The molecule has 0 aliphatic carbocycles. The van der Waals surface area contributed by atoms with Gasteiger partial charge in [0.2, 0.25) is 0 Å². The number of nitrogens with one attached hydrogen (secondary N) is 1. The molecule has 1 aliphatic heterocycles. The number of nitrogens with zero attached hydrogens (tertiary/aromatic N) is 1. The molecule has 9 heteroatoms. The summed E-state index contributed by atoms with van der Waals surface area (Å²) in [5, 5.41) is 0. The fourth-order valence-electron chi connectivity index (χ4n) is 2.21. The lowest BCUT2D eigenvalue weighted by Gasteiger charge is -2.16. The largest absolute Gasteiger partial charge is 0.463 e. The van der Waals surface area contributed by atoms with Gasteiger partial charge in [0.25, 0.3) is 5.56 Å². The summed E-state index contributed by atoms with van der Waals surface area (Å²) in [6.07, 6.45) is 0.0671. The zero-order chi connectivity index (χ0) is 16.3. The Balaban J connectivity index is 2.19. The first-order chi connectivity index (χ1) is 10.4. The Morgan fingerprint density at radius 3 is 2.95 bits per heavy atom. The monoisotopic (exact) mass is 332 g/mol. The third-order valence-electron chi connectivity index (χ3n) is 3.26. The van der Waals surface area contributed by atoms with Crippen LogP contribution in [0.25, 0.3) is 0 Å². The van der Waals surface area contributed by atoms with E-state index in [0.29, 0.717) is 11.3 Å². The number of halogens is 1. The molecule has 1 aromatic rings. The number of aromatic nitrogens is 2. The van der Waals surface area contributed by atoms with Crippen LogP contribution in [0.2, 0.25) is 0 Å².